The van der Waals surface area contributed by atoms with Crippen LogP contribution in [0, 0.1) is 5.92 Å². The molecule has 78 valence electrons. The largest absolute Gasteiger partial charge is 0.378 e. The smallest absolute Gasteiger partial charge is 0.0651 e. The fourth-order valence-electron chi connectivity index (χ4n) is 2.13. The second-order valence-electron chi connectivity index (χ2n) is 4.85. The maximum absolute atomic E-state index is 5.59. The van der Waals surface area contributed by atoms with Crippen molar-refractivity contribution < 1.29 is 4.74 Å². The van der Waals surface area contributed by atoms with E-state index in [2.05, 4.69) is 39.5 Å². The zero-order chi connectivity index (χ0) is 10.1. The highest BCUT2D eigenvalue weighted by Crippen LogP contribution is 2.29. The van der Waals surface area contributed by atoms with Crippen LogP contribution in [0.25, 0.3) is 0 Å². The van der Waals surface area contributed by atoms with Gasteiger partial charge in [-0.3, -0.25) is 4.90 Å². The highest BCUT2D eigenvalue weighted by atomic mass is 16.5. The van der Waals surface area contributed by atoms with Crippen molar-refractivity contribution in [1.29, 1.82) is 0 Å². The number of rotatable bonds is 2. The molecule has 1 heterocycles. The van der Waals surface area contributed by atoms with Crippen LogP contribution in [0.3, 0.4) is 0 Å². The normalized spacial score (nSPS) is 31.6. The van der Waals surface area contributed by atoms with Crippen molar-refractivity contribution >= 4 is 0 Å². The SMILES string of the molecule is CC(C)N1CCOCC1(C)C(C)C. The third-order valence-electron chi connectivity index (χ3n) is 3.39. The Bertz CT molecular complexity index is 167. The van der Waals surface area contributed by atoms with Crippen molar-refractivity contribution in [3.63, 3.8) is 0 Å². The molecule has 0 saturated carbocycles. The lowest BCUT2D eigenvalue weighted by molar-refractivity contribution is -0.0953. The van der Waals surface area contributed by atoms with Gasteiger partial charge in [-0.1, -0.05) is 13.8 Å². The molecule has 2 heteroatoms. The summed E-state index contributed by atoms with van der Waals surface area (Å²) in [6, 6.07) is 0.622. The second-order valence-corrected chi connectivity index (χ2v) is 4.85. The zero-order valence-corrected chi connectivity index (χ0v) is 9.63. The molecule has 0 N–H and O–H groups in total. The fourth-order valence-corrected chi connectivity index (χ4v) is 2.13. The quantitative estimate of drug-likeness (QED) is 0.653. The summed E-state index contributed by atoms with van der Waals surface area (Å²) in [6.45, 7) is 14.3. The third-order valence-corrected chi connectivity index (χ3v) is 3.39. The molecule has 1 aliphatic heterocycles. The Morgan fingerprint density at radius 1 is 1.23 bits per heavy atom. The molecule has 0 radical (unpaired) electrons. The van der Waals surface area contributed by atoms with Crippen LogP contribution in [0.2, 0.25) is 0 Å². The molecule has 1 atom stereocenters. The molecule has 0 bridgehead atoms. The van der Waals surface area contributed by atoms with E-state index in [0.29, 0.717) is 12.0 Å². The van der Waals surface area contributed by atoms with Crippen LogP contribution in [0.15, 0.2) is 0 Å². The number of nitrogens with zero attached hydrogens (tertiary/aromatic N) is 1. The molecular formula is C11H23NO. The van der Waals surface area contributed by atoms with Gasteiger partial charge in [-0.25, -0.2) is 0 Å². The summed E-state index contributed by atoms with van der Waals surface area (Å²) in [6.07, 6.45) is 0. The molecule has 13 heavy (non-hydrogen) atoms. The van der Waals surface area contributed by atoms with Crippen molar-refractivity contribution in [3.8, 4) is 0 Å². The third kappa shape index (κ3) is 2.05. The molecule has 2 nitrogen and oxygen atoms in total. The van der Waals surface area contributed by atoms with Crippen LogP contribution in [0.1, 0.15) is 34.6 Å². The minimum absolute atomic E-state index is 0.229. The van der Waals surface area contributed by atoms with E-state index in [-0.39, 0.29) is 5.54 Å². The molecule has 1 aliphatic rings. The highest BCUT2D eigenvalue weighted by molar-refractivity contribution is 4.92. The number of hydrogen-bond donors (Lipinski definition) is 0. The van der Waals surface area contributed by atoms with Crippen molar-refractivity contribution in [2.45, 2.75) is 46.2 Å². The molecule has 1 fully saturated rings. The average Bonchev–Trinajstić information content (AvgIpc) is 2.04. The van der Waals surface area contributed by atoms with E-state index in [1.807, 2.05) is 0 Å². The molecule has 0 aromatic carbocycles. The number of morpholine rings is 1. The maximum atomic E-state index is 5.59. The topological polar surface area (TPSA) is 12.5 Å². The summed E-state index contributed by atoms with van der Waals surface area (Å²) in [7, 11) is 0. The Labute approximate surface area is 82.3 Å². The summed E-state index contributed by atoms with van der Waals surface area (Å²) in [5, 5.41) is 0. The summed E-state index contributed by atoms with van der Waals surface area (Å²) >= 11 is 0. The van der Waals surface area contributed by atoms with E-state index < -0.39 is 0 Å². The highest BCUT2D eigenvalue weighted by Gasteiger charge is 2.38. The molecule has 1 saturated heterocycles. The molecular weight excluding hydrogens is 162 g/mol. The molecule has 1 rings (SSSR count). The first kappa shape index (κ1) is 11.0. The molecule has 0 aromatic heterocycles. The van der Waals surface area contributed by atoms with Crippen LogP contribution in [-0.2, 0) is 4.74 Å². The van der Waals surface area contributed by atoms with E-state index >= 15 is 0 Å². The Morgan fingerprint density at radius 3 is 2.23 bits per heavy atom. The molecule has 1 unspecified atom stereocenters. The van der Waals surface area contributed by atoms with Crippen LogP contribution in [-0.4, -0.2) is 36.2 Å². The van der Waals surface area contributed by atoms with Crippen molar-refractivity contribution in [2.24, 2.45) is 5.92 Å². The average molecular weight is 185 g/mol. The minimum atomic E-state index is 0.229. The van der Waals surface area contributed by atoms with Gasteiger partial charge in [0.15, 0.2) is 0 Å². The van der Waals surface area contributed by atoms with Crippen LogP contribution >= 0.6 is 0 Å². The lowest BCUT2D eigenvalue weighted by atomic mass is 9.85. The maximum Gasteiger partial charge on any atom is 0.0651 e. The first-order valence-corrected chi connectivity index (χ1v) is 5.33. The van der Waals surface area contributed by atoms with Crippen molar-refractivity contribution in [3.05, 3.63) is 0 Å². The Kier molecular flexibility index (Phi) is 3.36. The summed E-state index contributed by atoms with van der Waals surface area (Å²) < 4.78 is 5.59. The van der Waals surface area contributed by atoms with E-state index in [1.54, 1.807) is 0 Å². The lowest BCUT2D eigenvalue weighted by Gasteiger charge is -2.49. The Morgan fingerprint density at radius 2 is 1.85 bits per heavy atom. The van der Waals surface area contributed by atoms with Gasteiger partial charge >= 0.3 is 0 Å². The zero-order valence-electron chi connectivity index (χ0n) is 9.63. The molecule has 0 aromatic rings. The van der Waals surface area contributed by atoms with Crippen LogP contribution in [0.4, 0.5) is 0 Å². The van der Waals surface area contributed by atoms with Gasteiger partial charge in [-0.15, -0.1) is 0 Å². The van der Waals surface area contributed by atoms with Gasteiger partial charge in [0.25, 0.3) is 0 Å². The lowest BCUT2D eigenvalue weighted by Crippen LogP contribution is -2.60. The van der Waals surface area contributed by atoms with Gasteiger partial charge in [0.05, 0.1) is 13.2 Å². The van der Waals surface area contributed by atoms with Gasteiger partial charge in [-0.05, 0) is 26.7 Å². The van der Waals surface area contributed by atoms with E-state index in [9.17, 15) is 0 Å². The molecule has 0 amide bonds. The standard InChI is InChI=1S/C11H23NO/c1-9(2)11(5)8-13-7-6-12(11)10(3)4/h9-10H,6-8H2,1-5H3. The number of ether oxygens (including phenoxy) is 1. The number of hydrogen-bond acceptors (Lipinski definition) is 2. The Balaban J connectivity index is 2.77. The predicted molar refractivity (Wildman–Crippen MR) is 55.9 cm³/mol. The predicted octanol–water partition coefficient (Wildman–Crippen LogP) is 2.14. The second kappa shape index (κ2) is 3.97. The monoisotopic (exact) mass is 185 g/mol. The first-order chi connectivity index (χ1) is 5.98. The van der Waals surface area contributed by atoms with Crippen molar-refractivity contribution in [1.82, 2.24) is 4.90 Å². The van der Waals surface area contributed by atoms with Gasteiger partial charge in [0.1, 0.15) is 0 Å². The van der Waals surface area contributed by atoms with E-state index in [0.717, 1.165) is 19.8 Å². The Hall–Kier alpha value is -0.0800. The summed E-state index contributed by atoms with van der Waals surface area (Å²) in [4.78, 5) is 2.57. The minimum Gasteiger partial charge on any atom is -0.378 e. The van der Waals surface area contributed by atoms with E-state index in [1.165, 1.54) is 0 Å². The molecule has 0 spiro atoms. The van der Waals surface area contributed by atoms with Crippen molar-refractivity contribution in [2.75, 3.05) is 19.8 Å². The van der Waals surface area contributed by atoms with Gasteiger partial charge in [0, 0.05) is 18.1 Å². The fraction of sp³-hybridized carbons (Fsp3) is 1.00. The summed E-state index contributed by atoms with van der Waals surface area (Å²) in [5.41, 5.74) is 0.229. The summed E-state index contributed by atoms with van der Waals surface area (Å²) in [5.74, 6) is 0.648. The molecule has 0 aliphatic carbocycles. The van der Waals surface area contributed by atoms with Crippen LogP contribution in [0.5, 0.6) is 0 Å². The first-order valence-electron chi connectivity index (χ1n) is 5.33. The van der Waals surface area contributed by atoms with Gasteiger partial charge < -0.3 is 4.74 Å². The van der Waals surface area contributed by atoms with Gasteiger partial charge in [0.2, 0.25) is 0 Å². The van der Waals surface area contributed by atoms with Gasteiger partial charge in [-0.2, -0.15) is 0 Å². The van der Waals surface area contributed by atoms with Crippen LogP contribution < -0.4 is 0 Å². The van der Waals surface area contributed by atoms with E-state index in [4.69, 9.17) is 4.74 Å².